The van der Waals surface area contributed by atoms with Crippen molar-refractivity contribution in [3.63, 3.8) is 0 Å². The van der Waals surface area contributed by atoms with E-state index in [4.69, 9.17) is 4.74 Å². The monoisotopic (exact) mass is 283 g/mol. The van der Waals surface area contributed by atoms with Gasteiger partial charge < -0.3 is 10.1 Å². The van der Waals surface area contributed by atoms with E-state index in [2.05, 4.69) is 23.5 Å². The summed E-state index contributed by atoms with van der Waals surface area (Å²) in [5.41, 5.74) is 3.01. The molecule has 0 spiro atoms. The second kappa shape index (κ2) is 8.48. The van der Waals surface area contributed by atoms with Gasteiger partial charge in [-0.05, 0) is 55.0 Å². The first-order valence-electron chi connectivity index (χ1n) is 7.28. The van der Waals surface area contributed by atoms with Gasteiger partial charge in [-0.25, -0.2) is 0 Å². The molecule has 1 heterocycles. The van der Waals surface area contributed by atoms with Crippen LogP contribution in [0.15, 0.2) is 18.2 Å². The number of nitrogens with one attached hydrogen (secondary N) is 1. The summed E-state index contributed by atoms with van der Waals surface area (Å²) < 4.78 is 5.34. The molecule has 1 fully saturated rings. The number of rotatable bonds is 2. The molecule has 2 nitrogen and oxygen atoms in total. The third-order valence-electron chi connectivity index (χ3n) is 4.57. The molecule has 1 aliphatic carbocycles. The molecule has 2 aliphatic rings. The number of hydrogen-bond donors (Lipinski definition) is 1. The Bertz CT molecular complexity index is 421. The van der Waals surface area contributed by atoms with Crippen molar-refractivity contribution in [2.45, 2.75) is 44.6 Å². The summed E-state index contributed by atoms with van der Waals surface area (Å²) in [6.07, 6.45) is 8.17. The van der Waals surface area contributed by atoms with Gasteiger partial charge in [-0.1, -0.05) is 33.7 Å². The zero-order chi connectivity index (χ0) is 12.4. The van der Waals surface area contributed by atoms with Gasteiger partial charge in [0.1, 0.15) is 5.75 Å². The summed E-state index contributed by atoms with van der Waals surface area (Å²) in [6, 6.07) is 7.20. The first kappa shape index (κ1) is 18.1. The normalized spacial score (nSPS) is 22.1. The molecule has 1 atom stereocenters. The van der Waals surface area contributed by atoms with Gasteiger partial charge >= 0.3 is 29.6 Å². The van der Waals surface area contributed by atoms with Crippen molar-refractivity contribution in [2.75, 3.05) is 13.7 Å². The molecule has 106 valence electrons. The Labute approximate surface area is 146 Å². The molecule has 0 radical (unpaired) electrons. The standard InChI is InChI=1S/C16H23NO.BH4.Na/c1-18-14-7-8-15-13(11-14)9-10-17-16(15)12-5-3-2-4-6-12;;/h7-8,11-12,16-17H,2-6,9-10H2,1H3;1H4;/q;-1;+1. The maximum atomic E-state index is 5.34. The van der Waals surface area contributed by atoms with Crippen molar-refractivity contribution in [3.05, 3.63) is 29.3 Å². The van der Waals surface area contributed by atoms with Gasteiger partial charge in [0, 0.05) is 6.04 Å². The molecular formula is C16H27BNNaO. The van der Waals surface area contributed by atoms with Gasteiger partial charge in [-0.2, -0.15) is 0 Å². The van der Waals surface area contributed by atoms with Gasteiger partial charge in [0.2, 0.25) is 0 Å². The summed E-state index contributed by atoms with van der Waals surface area (Å²) >= 11 is 0. The third-order valence-corrected chi connectivity index (χ3v) is 4.57. The number of methoxy groups -OCH3 is 1. The minimum absolute atomic E-state index is 0. The van der Waals surface area contributed by atoms with Gasteiger partial charge in [0.05, 0.1) is 7.11 Å². The zero-order valence-electron chi connectivity index (χ0n) is 12.2. The number of ether oxygens (including phenoxy) is 1. The van der Waals surface area contributed by atoms with E-state index in [0.29, 0.717) is 6.04 Å². The second-order valence-electron chi connectivity index (χ2n) is 5.64. The number of hydrogen-bond acceptors (Lipinski definition) is 2. The molecule has 1 N–H and O–H groups in total. The van der Waals surface area contributed by atoms with Crippen molar-refractivity contribution in [1.82, 2.24) is 5.32 Å². The van der Waals surface area contributed by atoms with E-state index < -0.39 is 0 Å². The fraction of sp³-hybridized carbons (Fsp3) is 0.625. The smallest absolute Gasteiger partial charge is 0.497 e. The van der Waals surface area contributed by atoms with Crippen LogP contribution >= 0.6 is 0 Å². The average molecular weight is 283 g/mol. The summed E-state index contributed by atoms with van der Waals surface area (Å²) in [5.74, 6) is 1.84. The Morgan fingerprint density at radius 1 is 1.15 bits per heavy atom. The molecule has 0 bridgehead atoms. The maximum Gasteiger partial charge on any atom is 1.00 e. The fourth-order valence-corrected chi connectivity index (χ4v) is 3.59. The molecule has 20 heavy (non-hydrogen) atoms. The molecule has 1 aliphatic heterocycles. The van der Waals surface area contributed by atoms with Gasteiger partial charge in [0.25, 0.3) is 0 Å². The van der Waals surface area contributed by atoms with Crippen LogP contribution in [-0.4, -0.2) is 22.1 Å². The summed E-state index contributed by atoms with van der Waals surface area (Å²) in [5, 5.41) is 3.74. The largest absolute Gasteiger partial charge is 1.00 e. The molecule has 1 saturated carbocycles. The predicted molar refractivity (Wildman–Crippen MR) is 85.4 cm³/mol. The topological polar surface area (TPSA) is 21.3 Å². The van der Waals surface area contributed by atoms with E-state index in [1.165, 1.54) is 43.2 Å². The minimum Gasteiger partial charge on any atom is -0.497 e. The molecule has 0 saturated heterocycles. The third kappa shape index (κ3) is 3.82. The van der Waals surface area contributed by atoms with Gasteiger partial charge in [0.15, 0.2) is 0 Å². The second-order valence-corrected chi connectivity index (χ2v) is 5.64. The summed E-state index contributed by atoms with van der Waals surface area (Å²) in [6.45, 7) is 1.11. The molecule has 0 amide bonds. The van der Waals surface area contributed by atoms with Gasteiger partial charge in [-0.15, -0.1) is 0 Å². The van der Waals surface area contributed by atoms with Crippen LogP contribution in [-0.2, 0) is 6.42 Å². The predicted octanol–water partition coefficient (Wildman–Crippen LogP) is -0.985. The molecule has 4 heteroatoms. The van der Waals surface area contributed by atoms with Crippen molar-refractivity contribution in [1.29, 1.82) is 0 Å². The zero-order valence-corrected chi connectivity index (χ0v) is 14.2. The van der Waals surface area contributed by atoms with Crippen LogP contribution in [0.3, 0.4) is 0 Å². The van der Waals surface area contributed by atoms with E-state index in [1.807, 2.05) is 0 Å². The van der Waals surface area contributed by atoms with E-state index in [-0.39, 0.29) is 38.0 Å². The molecule has 1 aromatic rings. The molecule has 3 rings (SSSR count). The quantitative estimate of drug-likeness (QED) is 0.704. The van der Waals surface area contributed by atoms with E-state index >= 15 is 0 Å². The molecular weight excluding hydrogens is 256 g/mol. The van der Waals surface area contributed by atoms with E-state index in [9.17, 15) is 0 Å². The first-order valence-corrected chi connectivity index (χ1v) is 7.28. The Kier molecular flexibility index (Phi) is 7.67. The Balaban J connectivity index is 0.000001000. The fourth-order valence-electron chi connectivity index (χ4n) is 3.59. The maximum absolute atomic E-state index is 5.34. The van der Waals surface area contributed by atoms with Crippen LogP contribution in [0.25, 0.3) is 0 Å². The summed E-state index contributed by atoms with van der Waals surface area (Å²) in [7, 11) is 1.75. The first-order chi connectivity index (χ1) is 8.88. The average Bonchev–Trinajstić information content (AvgIpc) is 2.47. The van der Waals surface area contributed by atoms with Crippen LogP contribution < -0.4 is 39.6 Å². The van der Waals surface area contributed by atoms with Crippen LogP contribution in [0.2, 0.25) is 0 Å². The molecule has 1 unspecified atom stereocenters. The van der Waals surface area contributed by atoms with Crippen molar-refractivity contribution in [2.24, 2.45) is 5.92 Å². The Morgan fingerprint density at radius 3 is 2.60 bits per heavy atom. The van der Waals surface area contributed by atoms with Crippen molar-refractivity contribution >= 4 is 8.41 Å². The van der Waals surface area contributed by atoms with Crippen LogP contribution in [0.5, 0.6) is 5.75 Å². The van der Waals surface area contributed by atoms with Crippen LogP contribution in [0.4, 0.5) is 0 Å². The Morgan fingerprint density at radius 2 is 1.90 bits per heavy atom. The van der Waals surface area contributed by atoms with Crippen LogP contribution in [0.1, 0.15) is 49.3 Å². The molecule has 0 aromatic heterocycles. The van der Waals surface area contributed by atoms with Crippen molar-refractivity contribution in [3.8, 4) is 5.75 Å². The number of benzene rings is 1. The Hall–Kier alpha value is 0.0449. The van der Waals surface area contributed by atoms with Gasteiger partial charge in [-0.3, -0.25) is 0 Å². The minimum atomic E-state index is 0. The van der Waals surface area contributed by atoms with E-state index in [1.54, 1.807) is 7.11 Å². The van der Waals surface area contributed by atoms with Crippen molar-refractivity contribution < 1.29 is 34.3 Å². The summed E-state index contributed by atoms with van der Waals surface area (Å²) in [4.78, 5) is 0. The SMILES string of the molecule is COc1ccc2c(c1)CCNC2C1CCCCC1.[BH4-].[Na+]. The van der Waals surface area contributed by atoms with E-state index in [0.717, 1.165) is 24.6 Å². The van der Waals surface area contributed by atoms with Crippen LogP contribution in [0, 0.1) is 5.92 Å². The number of fused-ring (bicyclic) bond motifs is 1. The molecule has 1 aromatic carbocycles.